The quantitative estimate of drug-likeness (QED) is 0.386. The summed E-state index contributed by atoms with van der Waals surface area (Å²) in [6.07, 6.45) is 1.02. The highest BCUT2D eigenvalue weighted by Crippen LogP contribution is 2.35. The van der Waals surface area contributed by atoms with Crippen LogP contribution in [0.5, 0.6) is 5.75 Å². The molecule has 0 aromatic carbocycles. The normalized spacial score (nSPS) is 18.9. The second-order valence-corrected chi connectivity index (χ2v) is 8.15. The molecule has 1 atom stereocenters. The number of alkyl halides is 3. The molecule has 32 heavy (non-hydrogen) atoms. The number of hydrogen-bond donors (Lipinski definition) is 2. The largest absolute Gasteiger partial charge is 0.494 e. The van der Waals surface area contributed by atoms with Crippen molar-refractivity contribution in [3.63, 3.8) is 0 Å². The minimum absolute atomic E-state index is 0.0274. The molecule has 1 saturated carbocycles. The second-order valence-electron chi connectivity index (χ2n) is 7.05. The third-order valence-electron chi connectivity index (χ3n) is 4.64. The first-order valence-corrected chi connectivity index (χ1v) is 11.0. The van der Waals surface area contributed by atoms with Crippen molar-refractivity contribution in [3.8, 4) is 17.6 Å². The minimum atomic E-state index is -4.62. The fourth-order valence-electron chi connectivity index (χ4n) is 2.94. The van der Waals surface area contributed by atoms with Crippen LogP contribution in [0.1, 0.15) is 44.5 Å². The van der Waals surface area contributed by atoms with Gasteiger partial charge in [0.2, 0.25) is 0 Å². The van der Waals surface area contributed by atoms with E-state index in [9.17, 15) is 18.0 Å². The highest BCUT2D eigenvalue weighted by molar-refractivity contribution is 8.14. The summed E-state index contributed by atoms with van der Waals surface area (Å²) in [6.45, 7) is 3.45. The highest BCUT2D eigenvalue weighted by atomic mass is 32.2. The minimum Gasteiger partial charge on any atom is -0.494 e. The number of amidine groups is 1. The maximum Gasteiger partial charge on any atom is 0.433 e. The van der Waals surface area contributed by atoms with Gasteiger partial charge in [-0.2, -0.15) is 18.3 Å². The van der Waals surface area contributed by atoms with E-state index < -0.39 is 17.8 Å². The van der Waals surface area contributed by atoms with E-state index in [1.807, 2.05) is 0 Å². The first kappa shape index (κ1) is 23.7. The van der Waals surface area contributed by atoms with E-state index in [-0.39, 0.29) is 28.8 Å². The first-order valence-electron chi connectivity index (χ1n) is 10.1. The zero-order chi connectivity index (χ0) is 23.3. The molecule has 1 aromatic rings. The molecule has 0 saturated heterocycles. The van der Waals surface area contributed by atoms with E-state index >= 15 is 0 Å². The van der Waals surface area contributed by atoms with Crippen molar-refractivity contribution in [2.24, 2.45) is 11.0 Å². The van der Waals surface area contributed by atoms with E-state index in [1.165, 1.54) is 31.0 Å². The van der Waals surface area contributed by atoms with Crippen LogP contribution in [0.3, 0.4) is 0 Å². The molecule has 1 aromatic heterocycles. The van der Waals surface area contributed by atoms with Crippen molar-refractivity contribution >= 4 is 28.4 Å². The van der Waals surface area contributed by atoms with Gasteiger partial charge in [-0.25, -0.2) is 4.98 Å². The van der Waals surface area contributed by atoms with Gasteiger partial charge in [0, 0.05) is 11.5 Å². The Bertz CT molecular complexity index is 1030. The van der Waals surface area contributed by atoms with E-state index in [0.29, 0.717) is 16.7 Å². The second kappa shape index (κ2) is 10.1. The van der Waals surface area contributed by atoms with Gasteiger partial charge >= 0.3 is 6.18 Å². The van der Waals surface area contributed by atoms with E-state index in [0.717, 1.165) is 18.9 Å². The Morgan fingerprint density at radius 1 is 1.38 bits per heavy atom. The number of thioether (sulfide) groups is 1. The predicted octanol–water partition coefficient (Wildman–Crippen LogP) is 4.31. The van der Waals surface area contributed by atoms with Crippen LogP contribution < -0.4 is 15.5 Å². The fraction of sp³-hybridized carbons (Fsp3) is 0.409. The molecule has 3 rings (SSSR count). The Hall–Kier alpha value is -2.93. The molecule has 2 N–H and O–H groups in total. The Balaban J connectivity index is 1.90. The van der Waals surface area contributed by atoms with Crippen LogP contribution in [0.2, 0.25) is 0 Å². The molecular formula is C22H23F3N4O2S. The van der Waals surface area contributed by atoms with E-state index in [1.54, 1.807) is 19.9 Å². The van der Waals surface area contributed by atoms with Crippen molar-refractivity contribution in [1.82, 2.24) is 15.7 Å². The number of pyridine rings is 1. The van der Waals surface area contributed by atoms with Gasteiger partial charge in [-0.15, -0.1) is 0 Å². The van der Waals surface area contributed by atoms with E-state index in [2.05, 4.69) is 32.7 Å². The number of hydrazone groups is 1. The molecular weight excluding hydrogens is 441 g/mol. The van der Waals surface area contributed by atoms with Gasteiger partial charge in [0.25, 0.3) is 5.91 Å². The van der Waals surface area contributed by atoms with Crippen LogP contribution in [-0.4, -0.2) is 28.5 Å². The highest BCUT2D eigenvalue weighted by Gasteiger charge is 2.34. The number of halogens is 3. The van der Waals surface area contributed by atoms with Crippen molar-refractivity contribution in [1.29, 1.82) is 0 Å². The van der Waals surface area contributed by atoms with Gasteiger partial charge in [0.1, 0.15) is 17.1 Å². The summed E-state index contributed by atoms with van der Waals surface area (Å²) in [6, 6.07) is 2.05. The Morgan fingerprint density at radius 3 is 2.72 bits per heavy atom. The molecule has 1 aliphatic heterocycles. The van der Waals surface area contributed by atoms with Gasteiger partial charge in [0.05, 0.1) is 7.11 Å². The van der Waals surface area contributed by atoms with Crippen molar-refractivity contribution in [2.45, 2.75) is 44.7 Å². The SMILES string of the molecule is C/C=C\C(C(=O)NC1=NNC(C#CC2CC2)S1)=C(/CC)c1nc(C(F)(F)F)ccc1OC. The van der Waals surface area contributed by atoms with Crippen LogP contribution in [0.25, 0.3) is 5.57 Å². The lowest BCUT2D eigenvalue weighted by Crippen LogP contribution is -2.29. The molecule has 6 nitrogen and oxygen atoms in total. The number of allylic oxidation sites excluding steroid dienone is 2. The topological polar surface area (TPSA) is 75.6 Å². The summed E-state index contributed by atoms with van der Waals surface area (Å²) in [4.78, 5) is 16.8. The Morgan fingerprint density at radius 2 is 2.12 bits per heavy atom. The lowest BCUT2D eigenvalue weighted by Gasteiger charge is -2.16. The first-order chi connectivity index (χ1) is 15.3. The smallest absolute Gasteiger partial charge is 0.433 e. The molecule has 170 valence electrons. The number of nitrogens with one attached hydrogen (secondary N) is 2. The number of ether oxygens (including phenoxy) is 1. The molecule has 0 radical (unpaired) electrons. The Labute approximate surface area is 188 Å². The summed E-state index contributed by atoms with van der Waals surface area (Å²) >= 11 is 1.27. The molecule has 0 bridgehead atoms. The number of methoxy groups -OCH3 is 1. The average Bonchev–Trinajstić information content (AvgIpc) is 3.49. The van der Waals surface area contributed by atoms with Crippen LogP contribution in [0.15, 0.2) is 35.0 Å². The molecule has 0 spiro atoms. The third-order valence-corrected chi connectivity index (χ3v) is 5.52. The maximum absolute atomic E-state index is 13.3. The molecule has 1 amide bonds. The van der Waals surface area contributed by atoms with Crippen LogP contribution >= 0.6 is 11.8 Å². The molecule has 10 heteroatoms. The van der Waals surface area contributed by atoms with Crippen LogP contribution in [0, 0.1) is 17.8 Å². The number of amides is 1. The van der Waals surface area contributed by atoms with Crippen molar-refractivity contribution in [2.75, 3.05) is 7.11 Å². The summed E-state index contributed by atoms with van der Waals surface area (Å²) in [7, 11) is 1.34. The van der Waals surface area contributed by atoms with Crippen molar-refractivity contribution in [3.05, 3.63) is 41.2 Å². The number of rotatable bonds is 5. The van der Waals surface area contributed by atoms with Gasteiger partial charge in [0.15, 0.2) is 10.5 Å². The Kier molecular flexibility index (Phi) is 7.51. The van der Waals surface area contributed by atoms with Gasteiger partial charge < -0.3 is 4.74 Å². The summed E-state index contributed by atoms with van der Waals surface area (Å²) in [5, 5.41) is 6.89. The number of nitrogens with zero attached hydrogens (tertiary/aromatic N) is 2. The number of hydrogen-bond acceptors (Lipinski definition) is 6. The van der Waals surface area contributed by atoms with E-state index in [4.69, 9.17) is 4.74 Å². The zero-order valence-corrected chi connectivity index (χ0v) is 18.7. The molecule has 1 unspecified atom stereocenters. The van der Waals surface area contributed by atoms with Crippen molar-refractivity contribution < 1.29 is 22.7 Å². The predicted molar refractivity (Wildman–Crippen MR) is 118 cm³/mol. The molecule has 2 heterocycles. The standard InChI is InChI=1S/C22H23F3N4O2S/c1-4-6-15(20(30)27-21-29-28-18(32-21)12-9-13-7-8-13)14(5-2)19-16(31-3)10-11-17(26-19)22(23,24)25/h4,6,10-11,13,18,28H,5,7-8H2,1-3H3,(H,27,29,30)/b6-4-,15-14-. The lowest BCUT2D eigenvalue weighted by molar-refractivity contribution is -0.141. The average molecular weight is 465 g/mol. The number of carbonyl (C=O) groups is 1. The summed E-state index contributed by atoms with van der Waals surface area (Å²) in [5.41, 5.74) is 2.27. The molecule has 2 aliphatic rings. The molecule has 1 fully saturated rings. The third kappa shape index (κ3) is 5.85. The molecule has 1 aliphatic carbocycles. The number of carbonyl (C=O) groups excluding carboxylic acids is 1. The summed E-state index contributed by atoms with van der Waals surface area (Å²) in [5.74, 6) is 6.30. The number of aromatic nitrogens is 1. The van der Waals surface area contributed by atoms with Gasteiger partial charge in [-0.3, -0.25) is 15.5 Å². The van der Waals surface area contributed by atoms with Crippen LogP contribution in [-0.2, 0) is 11.0 Å². The maximum atomic E-state index is 13.3. The van der Waals surface area contributed by atoms with Gasteiger partial charge in [-0.1, -0.05) is 30.9 Å². The lowest BCUT2D eigenvalue weighted by atomic mass is 9.99. The fourth-order valence-corrected chi connectivity index (χ4v) is 3.65. The monoisotopic (exact) mass is 464 g/mol. The van der Waals surface area contributed by atoms with Crippen LogP contribution in [0.4, 0.5) is 13.2 Å². The van der Waals surface area contributed by atoms with Gasteiger partial charge in [-0.05, 0) is 55.7 Å². The summed E-state index contributed by atoms with van der Waals surface area (Å²) < 4.78 is 45.0. The zero-order valence-electron chi connectivity index (χ0n) is 17.8.